The molecule has 0 bridgehead atoms. The predicted octanol–water partition coefficient (Wildman–Crippen LogP) is 2.95. The lowest BCUT2D eigenvalue weighted by atomic mass is 10.2. The van der Waals surface area contributed by atoms with Gasteiger partial charge in [-0.15, -0.1) is 0 Å². The first-order valence-corrected chi connectivity index (χ1v) is 9.53. The second-order valence-electron chi connectivity index (χ2n) is 7.18. The molecule has 0 atom stereocenters. The van der Waals surface area contributed by atoms with E-state index in [1.165, 1.54) is 6.07 Å². The smallest absolute Gasteiger partial charge is 0.322 e. The summed E-state index contributed by atoms with van der Waals surface area (Å²) in [4.78, 5) is 30.0. The standard InChI is InChI=1S/C21H26FN5O2/c1-25(2)12-13-26(15-16-6-3-4-9-19(16)22)21(29)24-17-7-5-8-18(14-17)27-11-10-23-20(27)28/h3-9,14H,10-13,15H2,1-2H3,(H,23,28)(H,24,29). The predicted molar refractivity (Wildman–Crippen MR) is 112 cm³/mol. The average Bonchev–Trinajstić information content (AvgIpc) is 3.12. The molecule has 2 aromatic rings. The number of nitrogens with one attached hydrogen (secondary N) is 2. The van der Waals surface area contributed by atoms with Gasteiger partial charge in [0, 0.05) is 43.1 Å². The van der Waals surface area contributed by atoms with E-state index in [-0.39, 0.29) is 24.4 Å². The summed E-state index contributed by atoms with van der Waals surface area (Å²) in [6.07, 6.45) is 0. The first-order valence-electron chi connectivity index (χ1n) is 9.53. The third kappa shape index (κ3) is 5.45. The van der Waals surface area contributed by atoms with Crippen LogP contribution in [0.5, 0.6) is 0 Å². The van der Waals surface area contributed by atoms with E-state index in [0.717, 1.165) is 0 Å². The molecule has 1 fully saturated rings. The molecular formula is C21H26FN5O2. The molecule has 0 spiro atoms. The number of likely N-dealkylation sites (N-methyl/N-ethyl adjacent to an activating group) is 1. The molecule has 0 radical (unpaired) electrons. The molecular weight excluding hydrogens is 373 g/mol. The first-order chi connectivity index (χ1) is 13.9. The van der Waals surface area contributed by atoms with Crippen LogP contribution in [0.15, 0.2) is 48.5 Å². The molecule has 2 N–H and O–H groups in total. The Hall–Kier alpha value is -3.13. The van der Waals surface area contributed by atoms with E-state index in [2.05, 4.69) is 10.6 Å². The van der Waals surface area contributed by atoms with Crippen LogP contribution in [0.1, 0.15) is 5.56 Å². The highest BCUT2D eigenvalue weighted by atomic mass is 19.1. The third-order valence-corrected chi connectivity index (χ3v) is 4.69. The largest absolute Gasteiger partial charge is 0.336 e. The molecule has 29 heavy (non-hydrogen) atoms. The van der Waals surface area contributed by atoms with Gasteiger partial charge < -0.3 is 20.4 Å². The number of urea groups is 2. The molecule has 2 aromatic carbocycles. The number of carbonyl (C=O) groups is 2. The van der Waals surface area contributed by atoms with E-state index in [1.54, 1.807) is 46.2 Å². The quantitative estimate of drug-likeness (QED) is 0.752. The zero-order valence-corrected chi connectivity index (χ0v) is 16.7. The minimum absolute atomic E-state index is 0.152. The SMILES string of the molecule is CN(C)CCN(Cc1ccccc1F)C(=O)Nc1cccc(N2CCNC2=O)c1. The molecule has 1 aliphatic rings. The normalized spacial score (nSPS) is 13.5. The monoisotopic (exact) mass is 399 g/mol. The summed E-state index contributed by atoms with van der Waals surface area (Å²) in [5.74, 6) is -0.336. The fourth-order valence-corrected chi connectivity index (χ4v) is 3.08. The van der Waals surface area contributed by atoms with Gasteiger partial charge in [0.25, 0.3) is 0 Å². The van der Waals surface area contributed by atoms with Crippen LogP contribution >= 0.6 is 0 Å². The number of hydrogen-bond acceptors (Lipinski definition) is 3. The Bertz CT molecular complexity index is 874. The maximum Gasteiger partial charge on any atom is 0.322 e. The first kappa shape index (κ1) is 20.6. The van der Waals surface area contributed by atoms with Crippen molar-refractivity contribution in [1.29, 1.82) is 0 Å². The van der Waals surface area contributed by atoms with Crippen LogP contribution in [-0.2, 0) is 6.54 Å². The fourth-order valence-electron chi connectivity index (χ4n) is 3.08. The fraction of sp³-hybridized carbons (Fsp3) is 0.333. The molecule has 7 nitrogen and oxygen atoms in total. The molecule has 0 aliphatic carbocycles. The molecule has 0 unspecified atom stereocenters. The van der Waals surface area contributed by atoms with E-state index < -0.39 is 0 Å². The van der Waals surface area contributed by atoms with E-state index >= 15 is 0 Å². The molecule has 4 amide bonds. The van der Waals surface area contributed by atoms with Crippen molar-refractivity contribution in [3.63, 3.8) is 0 Å². The molecule has 1 saturated heterocycles. The second-order valence-corrected chi connectivity index (χ2v) is 7.18. The van der Waals surface area contributed by atoms with Crippen molar-refractivity contribution in [3.05, 3.63) is 59.9 Å². The number of rotatable bonds is 7. The van der Waals surface area contributed by atoms with Crippen LogP contribution in [0.3, 0.4) is 0 Å². The van der Waals surface area contributed by atoms with E-state index in [0.29, 0.717) is 43.1 Å². The minimum Gasteiger partial charge on any atom is -0.336 e. The zero-order valence-electron chi connectivity index (χ0n) is 16.7. The van der Waals surface area contributed by atoms with Crippen molar-refractivity contribution in [2.45, 2.75) is 6.54 Å². The van der Waals surface area contributed by atoms with Crippen molar-refractivity contribution in [3.8, 4) is 0 Å². The van der Waals surface area contributed by atoms with Crippen molar-refractivity contribution in [2.75, 3.05) is 50.5 Å². The molecule has 0 aromatic heterocycles. The summed E-state index contributed by atoms with van der Waals surface area (Å²) in [5, 5.41) is 5.63. The highest BCUT2D eigenvalue weighted by Crippen LogP contribution is 2.21. The summed E-state index contributed by atoms with van der Waals surface area (Å²) in [6, 6.07) is 13.1. The lowest BCUT2D eigenvalue weighted by Crippen LogP contribution is -2.39. The highest BCUT2D eigenvalue weighted by Gasteiger charge is 2.22. The Balaban J connectivity index is 1.73. The van der Waals surface area contributed by atoms with Crippen LogP contribution in [0.2, 0.25) is 0 Å². The van der Waals surface area contributed by atoms with E-state index in [4.69, 9.17) is 0 Å². The van der Waals surface area contributed by atoms with Gasteiger partial charge in [-0.25, -0.2) is 14.0 Å². The third-order valence-electron chi connectivity index (χ3n) is 4.69. The number of amides is 4. The topological polar surface area (TPSA) is 67.9 Å². The maximum absolute atomic E-state index is 14.1. The summed E-state index contributed by atoms with van der Waals surface area (Å²) >= 11 is 0. The number of halogens is 1. The Morgan fingerprint density at radius 2 is 1.97 bits per heavy atom. The Morgan fingerprint density at radius 3 is 2.66 bits per heavy atom. The maximum atomic E-state index is 14.1. The number of anilines is 2. The zero-order chi connectivity index (χ0) is 20.8. The summed E-state index contributed by atoms with van der Waals surface area (Å²) in [7, 11) is 3.84. The van der Waals surface area contributed by atoms with Crippen LogP contribution in [-0.4, -0.2) is 62.1 Å². The molecule has 154 valence electrons. The van der Waals surface area contributed by atoms with Gasteiger partial charge >= 0.3 is 12.1 Å². The molecule has 8 heteroatoms. The highest BCUT2D eigenvalue weighted by molar-refractivity contribution is 5.95. The number of hydrogen-bond donors (Lipinski definition) is 2. The van der Waals surface area contributed by atoms with Gasteiger partial charge in [0.2, 0.25) is 0 Å². The Labute approximate surface area is 170 Å². The summed E-state index contributed by atoms with van der Waals surface area (Å²) in [5.41, 5.74) is 1.76. The van der Waals surface area contributed by atoms with Crippen LogP contribution in [0.25, 0.3) is 0 Å². The second kappa shape index (κ2) is 9.38. The number of carbonyl (C=O) groups excluding carboxylic acids is 2. The van der Waals surface area contributed by atoms with E-state index in [1.807, 2.05) is 25.1 Å². The summed E-state index contributed by atoms with van der Waals surface area (Å²) in [6.45, 7) is 2.44. The molecule has 1 aliphatic heterocycles. The Kier molecular flexibility index (Phi) is 6.66. The van der Waals surface area contributed by atoms with Crippen LogP contribution in [0.4, 0.5) is 25.4 Å². The Morgan fingerprint density at radius 1 is 1.17 bits per heavy atom. The van der Waals surface area contributed by atoms with Gasteiger partial charge in [0.15, 0.2) is 0 Å². The minimum atomic E-state index is -0.336. The van der Waals surface area contributed by atoms with Gasteiger partial charge in [-0.3, -0.25) is 4.90 Å². The molecule has 1 heterocycles. The molecule has 0 saturated carbocycles. The van der Waals surface area contributed by atoms with Crippen molar-refractivity contribution in [2.24, 2.45) is 0 Å². The number of benzene rings is 2. The average molecular weight is 399 g/mol. The van der Waals surface area contributed by atoms with Gasteiger partial charge in [0.1, 0.15) is 5.82 Å². The van der Waals surface area contributed by atoms with Crippen LogP contribution < -0.4 is 15.5 Å². The van der Waals surface area contributed by atoms with Gasteiger partial charge in [-0.05, 0) is 38.4 Å². The lowest BCUT2D eigenvalue weighted by Gasteiger charge is -2.25. The van der Waals surface area contributed by atoms with E-state index in [9.17, 15) is 14.0 Å². The van der Waals surface area contributed by atoms with Crippen LogP contribution in [0, 0.1) is 5.82 Å². The van der Waals surface area contributed by atoms with Gasteiger partial charge in [-0.2, -0.15) is 0 Å². The van der Waals surface area contributed by atoms with Gasteiger partial charge in [0.05, 0.1) is 6.54 Å². The lowest BCUT2D eigenvalue weighted by molar-refractivity contribution is 0.201. The number of nitrogens with zero attached hydrogens (tertiary/aromatic N) is 3. The van der Waals surface area contributed by atoms with Crippen molar-refractivity contribution in [1.82, 2.24) is 15.1 Å². The van der Waals surface area contributed by atoms with Gasteiger partial charge in [-0.1, -0.05) is 24.3 Å². The molecule has 3 rings (SSSR count). The van der Waals surface area contributed by atoms with Crippen molar-refractivity contribution >= 4 is 23.4 Å². The van der Waals surface area contributed by atoms with Crippen molar-refractivity contribution < 1.29 is 14.0 Å². The summed E-state index contributed by atoms with van der Waals surface area (Å²) < 4.78 is 14.1.